The summed E-state index contributed by atoms with van der Waals surface area (Å²) in [5, 5.41) is 4.04. The Kier molecular flexibility index (Phi) is 6.85. The molecule has 0 aliphatic carbocycles. The van der Waals surface area contributed by atoms with Crippen LogP contribution in [0.15, 0.2) is 42.5 Å². The smallest absolute Gasteiger partial charge is 0.224 e. The highest BCUT2D eigenvalue weighted by atomic mass is 35.5. The van der Waals surface area contributed by atoms with E-state index in [2.05, 4.69) is 5.32 Å². The topological polar surface area (TPSA) is 49.4 Å². The van der Waals surface area contributed by atoms with Gasteiger partial charge in [-0.05, 0) is 35.7 Å². The van der Waals surface area contributed by atoms with E-state index in [1.165, 1.54) is 6.92 Å². The molecule has 0 radical (unpaired) electrons. The number of carbonyl (C=O) groups excluding carboxylic acids is 2. The predicted octanol–water partition coefficient (Wildman–Crippen LogP) is 4.54. The first kappa shape index (κ1) is 19.3. The third-order valence-corrected chi connectivity index (χ3v) is 4.46. The third kappa shape index (κ3) is 5.76. The fourth-order valence-corrected chi connectivity index (χ4v) is 2.84. The molecular formula is C19H20Cl2N2O2. The summed E-state index contributed by atoms with van der Waals surface area (Å²) in [5.74, 6) is -0.137. The Bertz CT molecular complexity index is 778. The second-order valence-corrected chi connectivity index (χ2v) is 6.66. The number of rotatable bonds is 6. The number of amides is 2. The van der Waals surface area contributed by atoms with E-state index in [0.717, 1.165) is 11.1 Å². The summed E-state index contributed by atoms with van der Waals surface area (Å²) in [6.45, 7) is 1.95. The lowest BCUT2D eigenvalue weighted by Crippen LogP contribution is -2.24. The first-order valence-corrected chi connectivity index (χ1v) is 8.66. The molecule has 2 amide bonds. The van der Waals surface area contributed by atoms with Crippen molar-refractivity contribution >= 4 is 40.7 Å². The van der Waals surface area contributed by atoms with Gasteiger partial charge in [-0.25, -0.2) is 0 Å². The maximum atomic E-state index is 12.3. The number of benzene rings is 2. The van der Waals surface area contributed by atoms with Crippen LogP contribution in [0, 0.1) is 0 Å². The fourth-order valence-electron chi connectivity index (χ4n) is 2.33. The summed E-state index contributed by atoms with van der Waals surface area (Å²) in [7, 11) is 1.73. The zero-order chi connectivity index (χ0) is 18.4. The van der Waals surface area contributed by atoms with Gasteiger partial charge in [-0.1, -0.05) is 47.5 Å². The molecule has 6 heteroatoms. The van der Waals surface area contributed by atoms with Crippen LogP contribution >= 0.6 is 23.2 Å². The third-order valence-electron chi connectivity index (χ3n) is 3.87. The van der Waals surface area contributed by atoms with E-state index in [-0.39, 0.29) is 11.8 Å². The van der Waals surface area contributed by atoms with Crippen LogP contribution in [0.2, 0.25) is 10.0 Å². The van der Waals surface area contributed by atoms with E-state index in [4.69, 9.17) is 23.2 Å². The molecule has 132 valence electrons. The molecule has 2 aromatic rings. The van der Waals surface area contributed by atoms with Gasteiger partial charge in [-0.2, -0.15) is 0 Å². The van der Waals surface area contributed by atoms with Crippen LogP contribution in [0.4, 0.5) is 5.69 Å². The van der Waals surface area contributed by atoms with Gasteiger partial charge in [0.05, 0.1) is 0 Å². The van der Waals surface area contributed by atoms with Crippen molar-refractivity contribution in [3.8, 4) is 0 Å². The van der Waals surface area contributed by atoms with Crippen LogP contribution in [0.3, 0.4) is 0 Å². The van der Waals surface area contributed by atoms with E-state index in [1.807, 2.05) is 30.3 Å². The Morgan fingerprint density at radius 2 is 1.80 bits per heavy atom. The molecule has 0 bridgehead atoms. The number of hydrogen-bond donors (Lipinski definition) is 1. The van der Waals surface area contributed by atoms with Crippen molar-refractivity contribution in [1.82, 2.24) is 4.90 Å². The molecule has 0 spiro atoms. The summed E-state index contributed by atoms with van der Waals surface area (Å²) >= 11 is 12.0. The summed E-state index contributed by atoms with van der Waals surface area (Å²) in [6, 6.07) is 12.7. The average Bonchev–Trinajstić information content (AvgIpc) is 2.55. The van der Waals surface area contributed by atoms with Crippen molar-refractivity contribution in [3.63, 3.8) is 0 Å². The van der Waals surface area contributed by atoms with Crippen molar-refractivity contribution < 1.29 is 9.59 Å². The van der Waals surface area contributed by atoms with Crippen molar-refractivity contribution in [3.05, 3.63) is 63.6 Å². The molecule has 25 heavy (non-hydrogen) atoms. The van der Waals surface area contributed by atoms with Crippen LogP contribution in [-0.4, -0.2) is 23.8 Å². The summed E-state index contributed by atoms with van der Waals surface area (Å²) in [6.07, 6.45) is 0.829. The SMILES string of the molecule is CC(=O)N(C)Cc1ccccc1NC(=O)CCc1ccc(Cl)cc1Cl. The van der Waals surface area contributed by atoms with Crippen molar-refractivity contribution in [2.45, 2.75) is 26.3 Å². The van der Waals surface area contributed by atoms with Crippen LogP contribution in [-0.2, 0) is 22.6 Å². The van der Waals surface area contributed by atoms with Gasteiger partial charge < -0.3 is 10.2 Å². The summed E-state index contributed by atoms with van der Waals surface area (Å²) in [4.78, 5) is 25.3. The van der Waals surface area contributed by atoms with Gasteiger partial charge in [0, 0.05) is 42.7 Å². The molecule has 1 N–H and O–H groups in total. The van der Waals surface area contributed by atoms with Crippen LogP contribution in [0.5, 0.6) is 0 Å². The minimum Gasteiger partial charge on any atom is -0.342 e. The fraction of sp³-hybridized carbons (Fsp3) is 0.263. The molecule has 0 saturated heterocycles. The first-order valence-electron chi connectivity index (χ1n) is 7.90. The summed E-state index contributed by atoms with van der Waals surface area (Å²) < 4.78 is 0. The zero-order valence-electron chi connectivity index (χ0n) is 14.2. The molecule has 4 nitrogen and oxygen atoms in total. The number of halogens is 2. The Hall–Kier alpha value is -2.04. The molecule has 0 heterocycles. The van der Waals surface area contributed by atoms with E-state index < -0.39 is 0 Å². The van der Waals surface area contributed by atoms with Crippen molar-refractivity contribution in [2.75, 3.05) is 12.4 Å². The molecule has 0 unspecified atom stereocenters. The van der Waals surface area contributed by atoms with Gasteiger partial charge in [0.1, 0.15) is 0 Å². The number of nitrogens with zero attached hydrogens (tertiary/aromatic N) is 1. The zero-order valence-corrected chi connectivity index (χ0v) is 15.7. The maximum Gasteiger partial charge on any atom is 0.224 e. The number of nitrogens with one attached hydrogen (secondary N) is 1. The van der Waals surface area contributed by atoms with Gasteiger partial charge in [-0.3, -0.25) is 9.59 Å². The van der Waals surface area contributed by atoms with Gasteiger partial charge in [0.15, 0.2) is 0 Å². The second kappa shape index (κ2) is 8.88. The molecule has 0 saturated carbocycles. The Morgan fingerprint density at radius 1 is 1.08 bits per heavy atom. The number of anilines is 1. The number of carbonyl (C=O) groups is 2. The average molecular weight is 379 g/mol. The van der Waals surface area contributed by atoms with Gasteiger partial charge >= 0.3 is 0 Å². The van der Waals surface area contributed by atoms with Crippen LogP contribution in [0.1, 0.15) is 24.5 Å². The maximum absolute atomic E-state index is 12.3. The van der Waals surface area contributed by atoms with Gasteiger partial charge in [0.25, 0.3) is 0 Å². The quantitative estimate of drug-likeness (QED) is 0.801. The highest BCUT2D eigenvalue weighted by molar-refractivity contribution is 6.35. The summed E-state index contributed by atoms with van der Waals surface area (Å²) in [5.41, 5.74) is 2.48. The normalized spacial score (nSPS) is 10.4. The molecule has 0 atom stereocenters. The van der Waals surface area contributed by atoms with Gasteiger partial charge in [-0.15, -0.1) is 0 Å². The minimum atomic E-state index is -0.107. The first-order chi connectivity index (χ1) is 11.9. The minimum absolute atomic E-state index is 0.0292. The monoisotopic (exact) mass is 378 g/mol. The van der Waals surface area contributed by atoms with E-state index in [9.17, 15) is 9.59 Å². The van der Waals surface area contributed by atoms with Gasteiger partial charge in [0.2, 0.25) is 11.8 Å². The molecule has 2 aromatic carbocycles. The number of aryl methyl sites for hydroxylation is 1. The highest BCUT2D eigenvalue weighted by Crippen LogP contribution is 2.22. The van der Waals surface area contributed by atoms with Crippen LogP contribution < -0.4 is 5.32 Å². The largest absolute Gasteiger partial charge is 0.342 e. The van der Waals surface area contributed by atoms with E-state index >= 15 is 0 Å². The van der Waals surface area contributed by atoms with Crippen molar-refractivity contribution in [1.29, 1.82) is 0 Å². The lowest BCUT2D eigenvalue weighted by Gasteiger charge is -2.18. The van der Waals surface area contributed by atoms with Crippen molar-refractivity contribution in [2.24, 2.45) is 0 Å². The number of para-hydroxylation sites is 1. The van der Waals surface area contributed by atoms with Crippen LogP contribution in [0.25, 0.3) is 0 Å². The van der Waals surface area contributed by atoms with E-state index in [1.54, 1.807) is 24.1 Å². The highest BCUT2D eigenvalue weighted by Gasteiger charge is 2.11. The molecule has 2 rings (SSSR count). The number of hydrogen-bond acceptors (Lipinski definition) is 2. The lowest BCUT2D eigenvalue weighted by atomic mass is 10.1. The molecule has 0 aliphatic heterocycles. The lowest BCUT2D eigenvalue weighted by molar-refractivity contribution is -0.128. The van der Waals surface area contributed by atoms with E-state index in [0.29, 0.717) is 35.1 Å². The predicted molar refractivity (Wildman–Crippen MR) is 102 cm³/mol. The Morgan fingerprint density at radius 3 is 2.48 bits per heavy atom. The Labute approximate surface area is 157 Å². The molecule has 0 fully saturated rings. The standard InChI is InChI=1S/C19H20Cl2N2O2/c1-13(24)23(2)12-15-5-3-4-6-18(15)22-19(25)10-8-14-7-9-16(20)11-17(14)21/h3-7,9,11H,8,10,12H2,1-2H3,(H,22,25). The molecule has 0 aromatic heterocycles. The molecular weight excluding hydrogens is 359 g/mol. The second-order valence-electron chi connectivity index (χ2n) is 5.82. The Balaban J connectivity index is 1.99. The molecule has 0 aliphatic rings.